The standard InChI is InChI=1S/C27H23N5O3/c28-18-21-7-4-11-29-24(21)30-13-15-31(16-14-30)25(33)20-8-9-22-23(17-20)27(35)32(26(22)34)12-10-19-5-2-1-3-6-19/h1-9,11,17H,10,12-16H2. The number of nitriles is 1. The molecule has 8 nitrogen and oxygen atoms in total. The third-order valence-corrected chi connectivity index (χ3v) is 6.46. The average Bonchev–Trinajstić information content (AvgIpc) is 3.16. The van der Waals surface area contributed by atoms with Gasteiger partial charge in [0, 0.05) is 44.5 Å². The van der Waals surface area contributed by atoms with E-state index >= 15 is 0 Å². The van der Waals surface area contributed by atoms with Crippen LogP contribution in [0, 0.1) is 11.3 Å². The third-order valence-electron chi connectivity index (χ3n) is 6.46. The van der Waals surface area contributed by atoms with Gasteiger partial charge in [0.15, 0.2) is 0 Å². The summed E-state index contributed by atoms with van der Waals surface area (Å²) in [6, 6.07) is 20.0. The second-order valence-corrected chi connectivity index (χ2v) is 8.52. The lowest BCUT2D eigenvalue weighted by molar-refractivity contribution is 0.0655. The molecule has 0 spiro atoms. The van der Waals surface area contributed by atoms with E-state index in [9.17, 15) is 19.6 Å². The van der Waals surface area contributed by atoms with E-state index in [0.29, 0.717) is 61.7 Å². The van der Waals surface area contributed by atoms with Gasteiger partial charge in [0.25, 0.3) is 17.7 Å². The number of hydrogen-bond donors (Lipinski definition) is 0. The average molecular weight is 466 g/mol. The van der Waals surface area contributed by atoms with Crippen molar-refractivity contribution >= 4 is 23.5 Å². The smallest absolute Gasteiger partial charge is 0.261 e. The predicted molar refractivity (Wildman–Crippen MR) is 129 cm³/mol. The second-order valence-electron chi connectivity index (χ2n) is 8.52. The minimum atomic E-state index is -0.361. The van der Waals surface area contributed by atoms with Gasteiger partial charge in [0.1, 0.15) is 11.9 Å². The summed E-state index contributed by atoms with van der Waals surface area (Å²) in [4.78, 5) is 48.3. The molecule has 8 heteroatoms. The van der Waals surface area contributed by atoms with Crippen molar-refractivity contribution in [2.24, 2.45) is 0 Å². The fourth-order valence-electron chi connectivity index (χ4n) is 4.55. The molecule has 35 heavy (non-hydrogen) atoms. The molecule has 1 aromatic heterocycles. The highest BCUT2D eigenvalue weighted by Crippen LogP contribution is 2.26. The number of hydrogen-bond acceptors (Lipinski definition) is 6. The molecule has 0 aliphatic carbocycles. The molecule has 2 aromatic carbocycles. The molecule has 0 bridgehead atoms. The summed E-state index contributed by atoms with van der Waals surface area (Å²) in [6.45, 7) is 2.32. The van der Waals surface area contributed by atoms with Gasteiger partial charge in [-0.25, -0.2) is 4.98 Å². The Morgan fingerprint density at radius 1 is 0.914 bits per heavy atom. The van der Waals surface area contributed by atoms with Crippen LogP contribution in [0.1, 0.15) is 42.2 Å². The molecule has 0 N–H and O–H groups in total. The lowest BCUT2D eigenvalue weighted by Crippen LogP contribution is -2.49. The first-order valence-corrected chi connectivity index (χ1v) is 11.5. The number of fused-ring (bicyclic) bond motifs is 1. The minimum Gasteiger partial charge on any atom is -0.352 e. The van der Waals surface area contributed by atoms with Crippen LogP contribution in [0.25, 0.3) is 0 Å². The summed E-state index contributed by atoms with van der Waals surface area (Å²) in [5, 5.41) is 9.33. The van der Waals surface area contributed by atoms with Gasteiger partial charge in [-0.05, 0) is 42.3 Å². The highest BCUT2D eigenvalue weighted by molar-refractivity contribution is 6.22. The van der Waals surface area contributed by atoms with E-state index in [1.807, 2.05) is 35.2 Å². The van der Waals surface area contributed by atoms with E-state index in [1.165, 1.54) is 4.90 Å². The molecule has 3 aromatic rings. The Morgan fingerprint density at radius 3 is 2.40 bits per heavy atom. The summed E-state index contributed by atoms with van der Waals surface area (Å²) in [6.07, 6.45) is 2.23. The normalized spacial score (nSPS) is 15.2. The van der Waals surface area contributed by atoms with Crippen molar-refractivity contribution in [3.63, 3.8) is 0 Å². The largest absolute Gasteiger partial charge is 0.352 e. The van der Waals surface area contributed by atoms with Crippen LogP contribution in [0.4, 0.5) is 5.82 Å². The van der Waals surface area contributed by atoms with E-state index in [1.54, 1.807) is 41.4 Å². The first-order chi connectivity index (χ1) is 17.1. The molecule has 0 unspecified atom stereocenters. The SMILES string of the molecule is N#Cc1cccnc1N1CCN(C(=O)c2ccc3c(c2)C(=O)N(CCc2ccccc2)C3=O)CC1. The summed E-state index contributed by atoms with van der Waals surface area (Å²) in [5.74, 6) is -0.243. The van der Waals surface area contributed by atoms with Gasteiger partial charge in [-0.15, -0.1) is 0 Å². The Morgan fingerprint density at radius 2 is 1.66 bits per heavy atom. The van der Waals surface area contributed by atoms with Gasteiger partial charge in [-0.2, -0.15) is 5.26 Å². The number of nitrogens with zero attached hydrogens (tertiary/aromatic N) is 5. The van der Waals surface area contributed by atoms with Crippen molar-refractivity contribution in [3.8, 4) is 6.07 Å². The molecule has 2 aliphatic rings. The summed E-state index contributed by atoms with van der Waals surface area (Å²) >= 11 is 0. The number of aromatic nitrogens is 1. The molecule has 3 heterocycles. The van der Waals surface area contributed by atoms with Crippen molar-refractivity contribution in [1.82, 2.24) is 14.8 Å². The van der Waals surface area contributed by atoms with Crippen molar-refractivity contribution in [2.45, 2.75) is 6.42 Å². The Hall–Kier alpha value is -4.51. The van der Waals surface area contributed by atoms with Crippen LogP contribution in [0.2, 0.25) is 0 Å². The fraction of sp³-hybridized carbons (Fsp3) is 0.222. The Kier molecular flexibility index (Phi) is 5.98. The number of amides is 3. The molecule has 174 valence electrons. The molecule has 0 atom stereocenters. The zero-order valence-electron chi connectivity index (χ0n) is 19.1. The van der Waals surface area contributed by atoms with E-state index in [2.05, 4.69) is 11.1 Å². The highest BCUT2D eigenvalue weighted by Gasteiger charge is 2.36. The van der Waals surface area contributed by atoms with Crippen LogP contribution < -0.4 is 4.90 Å². The number of rotatable bonds is 5. The Bertz CT molecular complexity index is 1340. The molecular weight excluding hydrogens is 442 g/mol. The maximum Gasteiger partial charge on any atom is 0.261 e. The topological polar surface area (TPSA) is 97.6 Å². The first kappa shape index (κ1) is 22.3. The molecular formula is C27H23N5O3. The molecule has 5 rings (SSSR count). The lowest BCUT2D eigenvalue weighted by Gasteiger charge is -2.35. The van der Waals surface area contributed by atoms with Crippen LogP contribution in [-0.2, 0) is 6.42 Å². The minimum absolute atomic E-state index is 0.183. The van der Waals surface area contributed by atoms with E-state index in [-0.39, 0.29) is 23.3 Å². The number of piperazine rings is 1. The number of carbonyl (C=O) groups excluding carboxylic acids is 3. The van der Waals surface area contributed by atoms with Gasteiger partial charge < -0.3 is 9.80 Å². The van der Waals surface area contributed by atoms with E-state index in [0.717, 1.165) is 5.56 Å². The molecule has 0 radical (unpaired) electrons. The van der Waals surface area contributed by atoms with Gasteiger partial charge in [0.05, 0.1) is 16.7 Å². The predicted octanol–water partition coefficient (Wildman–Crippen LogP) is 2.75. The Labute approximate surface area is 203 Å². The number of imide groups is 1. The van der Waals surface area contributed by atoms with Crippen LogP contribution in [-0.4, -0.2) is 65.2 Å². The maximum atomic E-state index is 13.2. The molecule has 1 fully saturated rings. The summed E-state index contributed by atoms with van der Waals surface area (Å²) in [7, 11) is 0. The van der Waals surface area contributed by atoms with Gasteiger partial charge in [0.2, 0.25) is 0 Å². The van der Waals surface area contributed by atoms with Crippen molar-refractivity contribution in [2.75, 3.05) is 37.6 Å². The number of carbonyl (C=O) groups is 3. The van der Waals surface area contributed by atoms with Gasteiger partial charge in [-0.3, -0.25) is 19.3 Å². The number of anilines is 1. The van der Waals surface area contributed by atoms with Gasteiger partial charge >= 0.3 is 0 Å². The Balaban J connectivity index is 1.26. The van der Waals surface area contributed by atoms with Crippen molar-refractivity contribution < 1.29 is 14.4 Å². The second kappa shape index (κ2) is 9.39. The zero-order chi connectivity index (χ0) is 24.4. The number of pyridine rings is 1. The van der Waals surface area contributed by atoms with Crippen molar-refractivity contribution in [3.05, 3.63) is 94.7 Å². The van der Waals surface area contributed by atoms with Crippen LogP contribution in [0.5, 0.6) is 0 Å². The van der Waals surface area contributed by atoms with Gasteiger partial charge in [-0.1, -0.05) is 30.3 Å². The first-order valence-electron chi connectivity index (χ1n) is 11.5. The van der Waals surface area contributed by atoms with Crippen LogP contribution >= 0.6 is 0 Å². The maximum absolute atomic E-state index is 13.2. The van der Waals surface area contributed by atoms with E-state index < -0.39 is 0 Å². The quantitative estimate of drug-likeness (QED) is 0.538. The molecule has 3 amide bonds. The van der Waals surface area contributed by atoms with E-state index in [4.69, 9.17) is 0 Å². The third kappa shape index (κ3) is 4.24. The molecule has 1 saturated heterocycles. The molecule has 0 saturated carbocycles. The lowest BCUT2D eigenvalue weighted by atomic mass is 10.0. The fourth-order valence-corrected chi connectivity index (χ4v) is 4.55. The molecule has 2 aliphatic heterocycles. The van der Waals surface area contributed by atoms with Crippen LogP contribution in [0.15, 0.2) is 66.9 Å². The zero-order valence-corrected chi connectivity index (χ0v) is 19.1. The summed E-state index contributed by atoms with van der Waals surface area (Å²) < 4.78 is 0. The monoisotopic (exact) mass is 465 g/mol. The summed E-state index contributed by atoms with van der Waals surface area (Å²) in [5.41, 5.74) is 2.56. The highest BCUT2D eigenvalue weighted by atomic mass is 16.2. The van der Waals surface area contributed by atoms with Crippen LogP contribution in [0.3, 0.4) is 0 Å². The van der Waals surface area contributed by atoms with Crippen molar-refractivity contribution in [1.29, 1.82) is 5.26 Å². The number of benzene rings is 2.